The number of carboxylic acids is 2. The molecule has 38 heavy (non-hydrogen) atoms. The first kappa shape index (κ1) is 28.1. The summed E-state index contributed by atoms with van der Waals surface area (Å²) in [5, 5.41) is 25.1. The lowest BCUT2D eigenvalue weighted by molar-refractivity contribution is -0.192. The van der Waals surface area contributed by atoms with E-state index in [1.54, 1.807) is 0 Å². The van der Waals surface area contributed by atoms with Crippen molar-refractivity contribution in [3.8, 4) is 0 Å². The van der Waals surface area contributed by atoms with Crippen LogP contribution < -0.4 is 5.48 Å². The number of carbonyl (C=O) groups is 2. The van der Waals surface area contributed by atoms with Crippen molar-refractivity contribution in [2.24, 2.45) is 17.8 Å². The van der Waals surface area contributed by atoms with Gasteiger partial charge in [0.25, 0.3) is 0 Å². The molecule has 4 saturated carbocycles. The Bertz CT molecular complexity index is 1110. The van der Waals surface area contributed by atoms with Crippen LogP contribution in [0.25, 0.3) is 5.57 Å². The summed E-state index contributed by atoms with van der Waals surface area (Å²) in [4.78, 5) is 19.9. The van der Waals surface area contributed by atoms with E-state index in [9.17, 15) is 18.0 Å². The molecule has 5 aliphatic rings. The molecule has 0 aliphatic heterocycles. The molecule has 0 aromatic heterocycles. The van der Waals surface area contributed by atoms with Crippen LogP contribution in [-0.4, -0.2) is 45.9 Å². The molecule has 0 spiro atoms. The SMILES string of the molecule is O=C(O)C(F)(F)F.O=C(O)C=CC1(OCNO)C=CC(c2cccc(C34CC5CC(CC(C5)C3)C4)c2)=CC1. The van der Waals surface area contributed by atoms with Crippen LogP contribution in [0.4, 0.5) is 13.2 Å². The van der Waals surface area contributed by atoms with Crippen molar-refractivity contribution >= 4 is 17.5 Å². The first-order chi connectivity index (χ1) is 17.9. The Morgan fingerprint density at radius 2 is 1.68 bits per heavy atom. The number of hydrogen-bond donors (Lipinski definition) is 4. The number of rotatable bonds is 7. The lowest BCUT2D eigenvalue weighted by Gasteiger charge is -2.57. The maximum atomic E-state index is 11.0. The maximum absolute atomic E-state index is 11.0. The summed E-state index contributed by atoms with van der Waals surface area (Å²) in [6.45, 7) is -0.0843. The summed E-state index contributed by atoms with van der Waals surface area (Å²) in [5.41, 5.74) is 5.31. The van der Waals surface area contributed by atoms with E-state index in [0.29, 0.717) is 11.8 Å². The van der Waals surface area contributed by atoms with Gasteiger partial charge in [-0.15, -0.1) is 0 Å². The Labute approximate surface area is 218 Å². The fraction of sp³-hybridized carbons (Fsp3) is 0.500. The van der Waals surface area contributed by atoms with E-state index in [1.165, 1.54) is 55.7 Å². The standard InChI is InChI=1S/C26H31NO4.C2HF3O2/c28-24(29)6-9-26(31-17-27-30)7-4-21(5-8-26)22-2-1-3-23(13-22)25-14-18-10-19(15-25)12-20(11-18)16-25;3-2(4,5)1(6)7/h1-7,9,13,18-20,27,30H,8,10-12,14-17H2,(H,28,29);(H,6,7). The number of carboxylic acid groups (broad SMARTS) is 2. The molecule has 1 unspecified atom stereocenters. The molecule has 0 saturated heterocycles. The predicted molar refractivity (Wildman–Crippen MR) is 132 cm³/mol. The molecule has 1 atom stereocenters. The highest BCUT2D eigenvalue weighted by atomic mass is 19.4. The fourth-order valence-corrected chi connectivity index (χ4v) is 7.00. The topological polar surface area (TPSA) is 116 Å². The molecule has 1 aromatic rings. The number of hydrogen-bond acceptors (Lipinski definition) is 5. The molecule has 4 N–H and O–H groups in total. The van der Waals surface area contributed by atoms with Crippen molar-refractivity contribution in [1.82, 2.24) is 5.48 Å². The number of alkyl halides is 3. The Hall–Kier alpha value is -2.95. The van der Waals surface area contributed by atoms with Crippen LogP contribution in [0.2, 0.25) is 0 Å². The highest BCUT2D eigenvalue weighted by Crippen LogP contribution is 2.60. The molecule has 4 fully saturated rings. The van der Waals surface area contributed by atoms with Crippen LogP contribution >= 0.6 is 0 Å². The number of benzene rings is 1. The molecular formula is C28H32F3NO6. The summed E-state index contributed by atoms with van der Waals surface area (Å²) in [5.74, 6) is -1.02. The predicted octanol–water partition coefficient (Wildman–Crippen LogP) is 5.46. The van der Waals surface area contributed by atoms with Crippen LogP contribution in [0.3, 0.4) is 0 Å². The highest BCUT2D eigenvalue weighted by Gasteiger charge is 2.51. The van der Waals surface area contributed by atoms with E-state index in [1.807, 2.05) is 17.6 Å². The summed E-state index contributed by atoms with van der Waals surface area (Å²) in [6, 6.07) is 9.08. The summed E-state index contributed by atoms with van der Waals surface area (Å²) >= 11 is 0. The van der Waals surface area contributed by atoms with Gasteiger partial charge < -0.3 is 20.2 Å². The zero-order chi connectivity index (χ0) is 27.6. The molecule has 0 amide bonds. The minimum Gasteiger partial charge on any atom is -0.478 e. The van der Waals surface area contributed by atoms with Gasteiger partial charge >= 0.3 is 18.1 Å². The van der Waals surface area contributed by atoms with Crippen molar-refractivity contribution in [3.05, 3.63) is 65.8 Å². The van der Waals surface area contributed by atoms with E-state index in [-0.39, 0.29) is 6.73 Å². The lowest BCUT2D eigenvalue weighted by Crippen LogP contribution is -2.48. The second-order valence-electron chi connectivity index (χ2n) is 10.9. The molecule has 0 heterocycles. The van der Waals surface area contributed by atoms with Gasteiger partial charge in [-0.1, -0.05) is 36.4 Å². The normalized spacial score (nSPS) is 31.6. The smallest absolute Gasteiger partial charge is 0.478 e. The van der Waals surface area contributed by atoms with E-state index in [0.717, 1.165) is 29.4 Å². The van der Waals surface area contributed by atoms with Gasteiger partial charge in [0.1, 0.15) is 12.3 Å². The molecule has 7 nitrogen and oxygen atoms in total. The third kappa shape index (κ3) is 6.36. The Morgan fingerprint density at radius 1 is 1.08 bits per heavy atom. The minimum absolute atomic E-state index is 0.0843. The minimum atomic E-state index is -5.08. The van der Waals surface area contributed by atoms with Crippen LogP contribution in [0.1, 0.15) is 56.1 Å². The zero-order valence-corrected chi connectivity index (χ0v) is 20.8. The van der Waals surface area contributed by atoms with Crippen molar-refractivity contribution in [1.29, 1.82) is 0 Å². The van der Waals surface area contributed by atoms with Crippen LogP contribution in [-0.2, 0) is 19.7 Å². The van der Waals surface area contributed by atoms with Gasteiger partial charge in [-0.05, 0) is 90.5 Å². The van der Waals surface area contributed by atoms with Crippen LogP contribution in [0, 0.1) is 17.8 Å². The molecule has 1 aromatic carbocycles. The zero-order valence-electron chi connectivity index (χ0n) is 20.8. The maximum Gasteiger partial charge on any atom is 0.490 e. The van der Waals surface area contributed by atoms with Crippen LogP contribution in [0.5, 0.6) is 0 Å². The number of halogens is 3. The number of aliphatic carboxylic acids is 2. The molecule has 10 heteroatoms. The summed E-state index contributed by atoms with van der Waals surface area (Å²) < 4.78 is 37.4. The largest absolute Gasteiger partial charge is 0.490 e. The third-order valence-corrected chi connectivity index (χ3v) is 8.19. The van der Waals surface area contributed by atoms with Crippen molar-refractivity contribution in [3.63, 3.8) is 0 Å². The molecule has 6 rings (SSSR count). The first-order valence-corrected chi connectivity index (χ1v) is 12.7. The number of allylic oxidation sites excluding steroid dienone is 2. The van der Waals surface area contributed by atoms with Gasteiger partial charge in [-0.25, -0.2) is 9.59 Å². The molecule has 4 bridgehead atoms. The Morgan fingerprint density at radius 3 is 2.16 bits per heavy atom. The summed E-state index contributed by atoms with van der Waals surface area (Å²) in [7, 11) is 0. The monoisotopic (exact) mass is 535 g/mol. The number of ether oxygens (including phenoxy) is 1. The molecule has 206 valence electrons. The number of nitrogens with one attached hydrogen (secondary N) is 1. The van der Waals surface area contributed by atoms with Crippen LogP contribution in [0.15, 0.2) is 54.6 Å². The van der Waals surface area contributed by atoms with Gasteiger partial charge in [0.05, 0.1) is 0 Å². The molecule has 5 aliphatic carbocycles. The van der Waals surface area contributed by atoms with Gasteiger partial charge in [0.15, 0.2) is 0 Å². The summed E-state index contributed by atoms with van der Waals surface area (Å²) in [6.07, 6.45) is 12.4. The first-order valence-electron chi connectivity index (χ1n) is 12.7. The van der Waals surface area contributed by atoms with Gasteiger partial charge in [-0.2, -0.15) is 18.7 Å². The average molecular weight is 536 g/mol. The third-order valence-electron chi connectivity index (χ3n) is 8.19. The second kappa shape index (κ2) is 11.0. The van der Waals surface area contributed by atoms with E-state index in [4.69, 9.17) is 25.0 Å². The van der Waals surface area contributed by atoms with Gasteiger partial charge in [-0.3, -0.25) is 0 Å². The molecule has 0 radical (unpaired) electrons. The quantitative estimate of drug-likeness (QED) is 0.208. The van der Waals surface area contributed by atoms with Crippen molar-refractivity contribution < 1.29 is 42.9 Å². The van der Waals surface area contributed by atoms with E-state index >= 15 is 0 Å². The Kier molecular flexibility index (Phi) is 8.15. The van der Waals surface area contributed by atoms with E-state index in [2.05, 4.69) is 30.3 Å². The number of hydroxylamine groups is 1. The van der Waals surface area contributed by atoms with E-state index < -0.39 is 23.7 Å². The fourth-order valence-electron chi connectivity index (χ4n) is 7.00. The molecular weight excluding hydrogens is 503 g/mol. The van der Waals surface area contributed by atoms with Crippen molar-refractivity contribution in [2.75, 3.05) is 6.73 Å². The lowest BCUT2D eigenvalue weighted by atomic mass is 9.48. The van der Waals surface area contributed by atoms with Crippen molar-refractivity contribution in [2.45, 2.75) is 62.1 Å². The second-order valence-corrected chi connectivity index (χ2v) is 10.9. The highest BCUT2D eigenvalue weighted by molar-refractivity contribution is 5.81. The Balaban J connectivity index is 0.000000426. The van der Waals surface area contributed by atoms with Gasteiger partial charge in [0.2, 0.25) is 0 Å². The average Bonchev–Trinajstić information content (AvgIpc) is 2.86. The van der Waals surface area contributed by atoms with Gasteiger partial charge in [0, 0.05) is 12.5 Å².